The van der Waals surface area contributed by atoms with E-state index in [0.717, 1.165) is 109 Å². The van der Waals surface area contributed by atoms with Crippen molar-refractivity contribution in [3.05, 3.63) is 265 Å². The molecule has 14 aromatic rings. The first-order valence-electron chi connectivity index (χ1n) is 40.6. The van der Waals surface area contributed by atoms with E-state index in [0.29, 0.717) is 104 Å². The minimum absolute atomic E-state index is 0.0994. The lowest BCUT2D eigenvalue weighted by atomic mass is 9.85. The molecule has 19 rings (SSSR count). The number of anilines is 8. The van der Waals surface area contributed by atoms with Crippen LogP contribution in [0.1, 0.15) is 48.4 Å². The Bertz CT molecular complexity index is 7400. The molecule has 47 heteroatoms. The molecule has 3 saturated heterocycles. The largest absolute Gasteiger partial charge is 0.534 e. The van der Waals surface area contributed by atoms with Crippen molar-refractivity contribution in [1.82, 2.24) is 48.6 Å². The lowest BCUT2D eigenvalue weighted by Gasteiger charge is -2.32. The third-order valence-electron chi connectivity index (χ3n) is 22.5. The number of amides is 2. The van der Waals surface area contributed by atoms with E-state index in [-0.39, 0.29) is 51.2 Å². The normalized spacial score (nSPS) is 14.8. The van der Waals surface area contributed by atoms with Crippen LogP contribution < -0.4 is 62.2 Å². The Morgan fingerprint density at radius 1 is 0.485 bits per heavy atom. The van der Waals surface area contributed by atoms with E-state index in [2.05, 4.69) is 119 Å². The number of fused-ring (bicyclic) bond motifs is 6. The molecule has 13 heterocycles. The van der Waals surface area contributed by atoms with E-state index in [1.165, 1.54) is 39.6 Å². The van der Waals surface area contributed by atoms with Crippen molar-refractivity contribution in [2.45, 2.75) is 44.4 Å². The first-order valence-corrected chi connectivity index (χ1v) is 47.4. The fourth-order valence-electron chi connectivity index (χ4n) is 14.3. The maximum atomic E-state index is 12.9. The number of ether oxygens (including phenoxy) is 2. The number of pyridine rings is 6. The van der Waals surface area contributed by atoms with Crippen molar-refractivity contribution in [1.29, 1.82) is 0 Å². The van der Waals surface area contributed by atoms with Crippen LogP contribution in [-0.2, 0) is 66.7 Å². The minimum Gasteiger partial charge on any atom is -0.503 e. The summed E-state index contributed by atoms with van der Waals surface area (Å²) in [4.78, 5) is 110. The van der Waals surface area contributed by atoms with Crippen LogP contribution >= 0.6 is 133 Å². The first kappa shape index (κ1) is 103. The molecule has 710 valence electrons. The fraction of sp³-hybridized carbons (Fsp3) is 0.236. The van der Waals surface area contributed by atoms with E-state index >= 15 is 0 Å². The van der Waals surface area contributed by atoms with Crippen LogP contribution in [0.25, 0.3) is 54.9 Å². The highest BCUT2D eigenvalue weighted by Crippen LogP contribution is 2.42. The van der Waals surface area contributed by atoms with Crippen LogP contribution in [0.3, 0.4) is 0 Å². The van der Waals surface area contributed by atoms with Gasteiger partial charge in [-0.25, -0.2) is 9.97 Å². The summed E-state index contributed by atoms with van der Waals surface area (Å²) in [6.45, 7) is 14.4. The van der Waals surface area contributed by atoms with Crippen molar-refractivity contribution < 1.29 is 68.8 Å². The van der Waals surface area contributed by atoms with Gasteiger partial charge in [0.15, 0.2) is 5.75 Å². The number of ketones is 2. The average Bonchev–Trinajstić information content (AvgIpc) is 1.73. The van der Waals surface area contributed by atoms with E-state index in [9.17, 15) is 65.1 Å². The van der Waals surface area contributed by atoms with Gasteiger partial charge in [-0.1, -0.05) is 75.7 Å². The van der Waals surface area contributed by atoms with Crippen molar-refractivity contribution >= 4 is 269 Å². The number of aromatic nitrogens is 10. The van der Waals surface area contributed by atoms with Gasteiger partial charge < -0.3 is 76.6 Å². The molecule has 0 aliphatic carbocycles. The summed E-state index contributed by atoms with van der Waals surface area (Å²) >= 11 is 49.9. The lowest BCUT2D eigenvalue weighted by molar-refractivity contribution is -0.114. The van der Waals surface area contributed by atoms with Crippen LogP contribution in [0.2, 0.25) is 30.1 Å². The molecule has 0 spiro atoms. The Morgan fingerprint density at radius 2 is 0.897 bits per heavy atom. The number of Topliss-reactive ketones (excluding diaryl/α,β-unsaturated/α-hetero) is 2. The number of likely N-dealkylation sites (N-methyl/N-ethyl adjacent to an activating group) is 2. The molecule has 3 fully saturated rings. The maximum Gasteiger partial charge on any atom is 0.534 e. The molecule has 0 bridgehead atoms. The lowest BCUT2D eigenvalue weighted by Crippen LogP contribution is -2.41. The van der Waals surface area contributed by atoms with Gasteiger partial charge in [-0.05, 0) is 225 Å². The number of alkyl halides is 3. The molecule has 5 N–H and O–H groups in total. The Kier molecular flexibility index (Phi) is 31.9. The average molecular weight is 2260 g/mol. The van der Waals surface area contributed by atoms with Gasteiger partial charge in [0.05, 0.1) is 147 Å². The predicted octanol–water partition coefficient (Wildman–Crippen LogP) is 17.8. The molecule has 2 amide bonds. The number of aryl methyl sites for hydroxylation is 4. The monoisotopic (exact) mass is 2250 g/mol. The number of carbonyl (C=O) groups excluding carboxylic acids is 4. The van der Waals surface area contributed by atoms with Crippen molar-refractivity contribution in [3.63, 3.8) is 0 Å². The number of rotatable bonds is 10. The van der Waals surface area contributed by atoms with Gasteiger partial charge in [0.25, 0.3) is 45.6 Å². The van der Waals surface area contributed by atoms with Crippen molar-refractivity contribution in [3.8, 4) is 22.8 Å². The fourth-order valence-corrected chi connectivity index (χ4v) is 17.6. The second-order valence-electron chi connectivity index (χ2n) is 31.4. The van der Waals surface area contributed by atoms with E-state index < -0.39 is 55.9 Å². The molecule has 0 saturated carbocycles. The van der Waals surface area contributed by atoms with Gasteiger partial charge in [0, 0.05) is 126 Å². The second-order valence-corrected chi connectivity index (χ2v) is 38.7. The molecule has 0 atom stereocenters. The van der Waals surface area contributed by atoms with Gasteiger partial charge in [-0.15, -0.1) is 0 Å². The third-order valence-corrected chi connectivity index (χ3v) is 29.3. The molecular formula is C89H78BBr4Cl6F3N16O16S. The van der Waals surface area contributed by atoms with Crippen LogP contribution in [-0.4, -0.2) is 176 Å². The number of carbonyl (C=O) groups is 4. The molecule has 32 nitrogen and oxygen atoms in total. The Morgan fingerprint density at radius 3 is 1.34 bits per heavy atom. The summed E-state index contributed by atoms with van der Waals surface area (Å²) in [6, 6.07) is 39.7. The maximum absolute atomic E-state index is 12.9. The molecule has 0 radical (unpaired) electrons. The third kappa shape index (κ3) is 21.7. The van der Waals surface area contributed by atoms with E-state index in [4.69, 9.17) is 88.4 Å². The number of halogens is 13. The Labute approximate surface area is 836 Å². The van der Waals surface area contributed by atoms with Crippen molar-refractivity contribution in [2.24, 2.45) is 28.2 Å². The predicted molar refractivity (Wildman–Crippen MR) is 536 cm³/mol. The van der Waals surface area contributed by atoms with Gasteiger partial charge in [-0.2, -0.15) is 31.8 Å². The highest BCUT2D eigenvalue weighted by Gasteiger charge is 2.53. The highest BCUT2D eigenvalue weighted by atomic mass is 79.9. The quantitative estimate of drug-likeness (QED) is 0.0367. The second kappa shape index (κ2) is 42.3. The van der Waals surface area contributed by atoms with Gasteiger partial charge in [-0.3, -0.25) is 48.6 Å². The zero-order valence-corrected chi connectivity index (χ0v) is 84.8. The van der Waals surface area contributed by atoms with Gasteiger partial charge in [0.2, 0.25) is 5.75 Å². The molecule has 136 heavy (non-hydrogen) atoms. The van der Waals surface area contributed by atoms with Gasteiger partial charge >= 0.3 is 22.7 Å². The Balaban J connectivity index is 0.000000138. The van der Waals surface area contributed by atoms with Crippen LogP contribution in [0, 0.1) is 0 Å². The summed E-state index contributed by atoms with van der Waals surface area (Å²) in [7, 11) is 3.14. The summed E-state index contributed by atoms with van der Waals surface area (Å²) in [6.07, 6.45) is 6.99. The molecule has 8 aromatic heterocycles. The first-order chi connectivity index (χ1) is 64.2. The van der Waals surface area contributed by atoms with Crippen molar-refractivity contribution in [2.75, 3.05) is 96.9 Å². The number of aromatic amines is 2. The minimum atomic E-state index is -5.95. The Hall–Kier alpha value is -10.7. The van der Waals surface area contributed by atoms with E-state index in [1.807, 2.05) is 101 Å². The number of nitrogens with zero attached hydrogens (tertiary/aromatic N) is 12. The highest BCUT2D eigenvalue weighted by molar-refractivity contribution is 9.11. The molecule has 6 aromatic carbocycles. The summed E-state index contributed by atoms with van der Waals surface area (Å²) in [5.74, 6) is -2.23. The number of H-pyrrole nitrogens is 2. The smallest absolute Gasteiger partial charge is 0.503 e. The summed E-state index contributed by atoms with van der Waals surface area (Å²) < 4.78 is 93.5. The number of morpholine rings is 2. The zero-order valence-electron chi connectivity index (χ0n) is 73.1. The number of hydrogen-bond donors (Lipinski definition) is 5. The number of benzene rings is 6. The molecule has 0 unspecified atom stereocenters. The number of aromatic hydroxyl groups is 1. The molecule has 5 aliphatic rings. The molecule has 5 aliphatic heterocycles. The summed E-state index contributed by atoms with van der Waals surface area (Å²) in [5.41, 5.74) is 1.69. The molecular weight excluding hydrogens is 2180 g/mol. The van der Waals surface area contributed by atoms with Gasteiger partial charge in [0.1, 0.15) is 23.0 Å². The number of nitrogens with one attached hydrogen (secondary N) is 4. The van der Waals surface area contributed by atoms with Crippen LogP contribution in [0.15, 0.2) is 201 Å². The standard InChI is InChI=1S/C22H21ClN6O2.C19H18BrClN4O2.C11H6BrClF3NO4S.C10H7BrClNO2.C9H15BN2O2.C9H5BrClNO2.C9H6ClNO2/c1-28-19-4-3-15(17-6-7-25-27-17)21(23)16(19)12-18(22(28)30)26-20-5-2-14(13-24-20)29-8-10-31-11-9-29;1-24-16-4-3-14(20)18(21)13(16)10-15(19(24)26)23-17-5-2-12(11-22-17)25-6-8-27-9-7-25;1-17-7-3-2-6(12)9(13)5(7)4-8(10(17)18)21-22(19,20)11(14,15)16;1-13-7-3-2-6(11)9(12)5(7)4-8(14)10(13)15;1-8(2)9(3,4)14-10(13-8)7-5-6-11-12-7;1-12-5-3-2-4(10)7(11)6(5)8(13)9(12)14;1-11-6-4-2-3-5(10)7(6)8(12)9(11)13/h2-7,12-13H,8-11H2,1H3,(H,24,26)(H,25,27);2-5,10-11H,6-9H2,1H3,(H,22,23);2-4H,1H3;2-4,14H,1H3;5-6H,1-4H3,(H,11,12);2-3H,1H3;2-4H,1H3. The van der Waals surface area contributed by atoms with E-state index in [1.54, 1.807) is 111 Å². The van der Waals surface area contributed by atoms with Crippen LogP contribution in [0.5, 0.6) is 11.5 Å². The SMILES string of the molecule is CC1(C)OB(c2ccn[nH]2)OC1(C)C.CN1C(=O)C(=O)c2c(Cl)cccc21.CN1C(=O)C(=O)c2c1ccc(Br)c2Cl.Cn1c(=O)c(Nc2ccc(N3CCOCC3)cn2)cc2c(Cl)c(-c3ccn[nH]3)ccc21.Cn1c(=O)c(Nc2ccc(N3CCOCC3)cn2)cc2c(Cl)c(Br)ccc21.Cn1c(=O)c(O)cc2c(Cl)c(Br)ccc21.Cn1c(=O)c(OS(=O)(=O)C(F)(F)F)cc2c(Cl)c(Br)ccc21. The number of hydrogen-bond acceptors (Lipinski definition) is 24. The zero-order chi connectivity index (χ0) is 98.8. The summed E-state index contributed by atoms with van der Waals surface area (Å²) in [5, 5.41) is 34.0. The topological polar surface area (TPSA) is 377 Å². The van der Waals surface area contributed by atoms with Crippen LogP contribution in [0.4, 0.5) is 58.9 Å².